The summed E-state index contributed by atoms with van der Waals surface area (Å²) in [6.45, 7) is 3.38. The average molecular weight is 540 g/mol. The third kappa shape index (κ3) is 7.56. The monoisotopic (exact) mass is 539 g/mol. The number of hydrogen-bond donors (Lipinski definition) is 3. The number of rotatable bonds is 11. The molecule has 40 heavy (non-hydrogen) atoms. The SMILES string of the molecule is O=C(CN(Cc1ncc[nH]1)C1CCN(Cc2ccc(C(=O)O)cc2)CC1)Nc1ccc(Oc2ccccc2)cc1. The van der Waals surface area contributed by atoms with Gasteiger partial charge in [0.1, 0.15) is 17.3 Å². The number of amides is 1. The third-order valence-electron chi connectivity index (χ3n) is 7.05. The van der Waals surface area contributed by atoms with Crippen LogP contribution < -0.4 is 10.1 Å². The van der Waals surface area contributed by atoms with Crippen LogP contribution in [0, 0.1) is 0 Å². The Morgan fingerprint density at radius 3 is 2.33 bits per heavy atom. The molecular weight excluding hydrogens is 506 g/mol. The molecule has 1 aliphatic rings. The Labute approximate surface area is 233 Å². The van der Waals surface area contributed by atoms with Crippen molar-refractivity contribution in [2.75, 3.05) is 25.0 Å². The number of aromatic carboxylic acids is 1. The number of ether oxygens (including phenoxy) is 1. The van der Waals surface area contributed by atoms with Gasteiger partial charge in [-0.2, -0.15) is 0 Å². The van der Waals surface area contributed by atoms with Gasteiger partial charge in [-0.15, -0.1) is 0 Å². The summed E-state index contributed by atoms with van der Waals surface area (Å²) in [5.41, 5.74) is 2.10. The van der Waals surface area contributed by atoms with Crippen LogP contribution in [-0.4, -0.2) is 62.4 Å². The Bertz CT molecular complexity index is 1370. The zero-order valence-corrected chi connectivity index (χ0v) is 22.2. The first-order valence-corrected chi connectivity index (χ1v) is 13.4. The number of imidazole rings is 1. The van der Waals surface area contributed by atoms with Gasteiger partial charge < -0.3 is 20.1 Å². The Morgan fingerprint density at radius 2 is 1.68 bits per heavy atom. The van der Waals surface area contributed by atoms with Crippen molar-refractivity contribution in [2.24, 2.45) is 0 Å². The number of H-pyrrole nitrogens is 1. The van der Waals surface area contributed by atoms with Crippen molar-refractivity contribution in [3.63, 3.8) is 0 Å². The highest BCUT2D eigenvalue weighted by molar-refractivity contribution is 5.92. The Kier molecular flexibility index (Phi) is 8.85. The second kappa shape index (κ2) is 13.1. The van der Waals surface area contributed by atoms with Gasteiger partial charge in [-0.05, 0) is 80.0 Å². The van der Waals surface area contributed by atoms with E-state index in [-0.39, 0.29) is 18.5 Å². The van der Waals surface area contributed by atoms with Crippen LogP contribution in [0.1, 0.15) is 34.6 Å². The molecule has 206 valence electrons. The van der Waals surface area contributed by atoms with Gasteiger partial charge in [0.2, 0.25) is 5.91 Å². The fourth-order valence-corrected chi connectivity index (χ4v) is 4.96. The minimum atomic E-state index is -0.915. The van der Waals surface area contributed by atoms with Gasteiger partial charge in [-0.3, -0.25) is 14.6 Å². The van der Waals surface area contributed by atoms with E-state index in [1.165, 1.54) is 0 Å². The summed E-state index contributed by atoms with van der Waals surface area (Å²) >= 11 is 0. The molecule has 1 aliphatic heterocycles. The molecule has 5 rings (SSSR count). The van der Waals surface area contributed by atoms with Crippen LogP contribution >= 0.6 is 0 Å². The lowest BCUT2D eigenvalue weighted by atomic mass is 10.0. The van der Waals surface area contributed by atoms with Crippen LogP contribution in [-0.2, 0) is 17.9 Å². The number of carbonyl (C=O) groups is 2. The maximum atomic E-state index is 13.1. The van der Waals surface area contributed by atoms with E-state index < -0.39 is 5.97 Å². The Hall–Kier alpha value is -4.47. The van der Waals surface area contributed by atoms with Crippen molar-refractivity contribution in [2.45, 2.75) is 32.0 Å². The predicted octanol–water partition coefficient (Wildman–Crippen LogP) is 5.01. The fourth-order valence-electron chi connectivity index (χ4n) is 4.96. The highest BCUT2D eigenvalue weighted by Gasteiger charge is 2.27. The summed E-state index contributed by atoms with van der Waals surface area (Å²) in [6, 6.07) is 24.2. The van der Waals surface area contributed by atoms with Crippen LogP contribution in [0.15, 0.2) is 91.3 Å². The van der Waals surface area contributed by atoms with Gasteiger partial charge in [0, 0.05) is 30.7 Å². The second-order valence-electron chi connectivity index (χ2n) is 9.94. The molecule has 0 atom stereocenters. The fraction of sp³-hybridized carbons (Fsp3) is 0.258. The van der Waals surface area contributed by atoms with Crippen molar-refractivity contribution < 1.29 is 19.4 Å². The van der Waals surface area contributed by atoms with E-state index in [9.17, 15) is 9.59 Å². The summed E-state index contributed by atoms with van der Waals surface area (Å²) < 4.78 is 5.84. The van der Waals surface area contributed by atoms with Crippen molar-refractivity contribution >= 4 is 17.6 Å². The minimum absolute atomic E-state index is 0.0794. The Morgan fingerprint density at radius 1 is 0.975 bits per heavy atom. The largest absolute Gasteiger partial charge is 0.478 e. The molecule has 3 aromatic carbocycles. The molecular formula is C31H33N5O4. The maximum Gasteiger partial charge on any atom is 0.335 e. The number of para-hydroxylation sites is 1. The second-order valence-corrected chi connectivity index (χ2v) is 9.94. The number of aromatic nitrogens is 2. The van der Waals surface area contributed by atoms with E-state index in [4.69, 9.17) is 9.84 Å². The molecule has 1 aromatic heterocycles. The van der Waals surface area contributed by atoms with Gasteiger partial charge in [-0.25, -0.2) is 9.78 Å². The number of hydrogen-bond acceptors (Lipinski definition) is 6. The molecule has 4 aromatic rings. The summed E-state index contributed by atoms with van der Waals surface area (Å²) in [7, 11) is 0. The van der Waals surface area contributed by atoms with Crippen LogP contribution in [0.25, 0.3) is 0 Å². The highest BCUT2D eigenvalue weighted by Crippen LogP contribution is 2.23. The zero-order chi connectivity index (χ0) is 27.7. The average Bonchev–Trinajstić information content (AvgIpc) is 3.48. The first kappa shape index (κ1) is 27.1. The molecule has 3 N–H and O–H groups in total. The topological polar surface area (TPSA) is 111 Å². The lowest BCUT2D eigenvalue weighted by Crippen LogP contribution is -2.47. The van der Waals surface area contributed by atoms with E-state index in [1.54, 1.807) is 24.5 Å². The Balaban J connectivity index is 1.16. The molecule has 0 unspecified atom stereocenters. The number of nitrogens with one attached hydrogen (secondary N) is 2. The third-order valence-corrected chi connectivity index (χ3v) is 7.05. The number of carboxylic acids is 1. The van der Waals surface area contributed by atoms with Crippen LogP contribution in [0.5, 0.6) is 11.5 Å². The molecule has 0 bridgehead atoms. The highest BCUT2D eigenvalue weighted by atomic mass is 16.5. The van der Waals surface area contributed by atoms with Crippen LogP contribution in [0.3, 0.4) is 0 Å². The van der Waals surface area contributed by atoms with E-state index in [1.807, 2.05) is 66.7 Å². The first-order chi connectivity index (χ1) is 19.5. The standard InChI is InChI=1S/C31H33N5O4/c37-30(34-25-10-12-28(13-11-25)40-27-4-2-1-3-5-27)22-36(21-29-32-16-17-33-29)26-14-18-35(19-15-26)20-23-6-8-24(9-7-23)31(38)39/h1-13,16-17,26H,14-15,18-22H2,(H,32,33)(H,34,37)(H,38,39). The van der Waals surface area contributed by atoms with E-state index in [0.29, 0.717) is 23.5 Å². The number of likely N-dealkylation sites (tertiary alicyclic amines) is 1. The van der Waals surface area contributed by atoms with Gasteiger partial charge in [0.25, 0.3) is 0 Å². The van der Waals surface area contributed by atoms with Crippen molar-refractivity contribution in [1.29, 1.82) is 0 Å². The van der Waals surface area contributed by atoms with Crippen LogP contribution in [0.4, 0.5) is 5.69 Å². The molecule has 2 heterocycles. The molecule has 9 heteroatoms. The van der Waals surface area contributed by atoms with Crippen molar-refractivity contribution in [3.05, 3.63) is 108 Å². The number of benzene rings is 3. The van der Waals surface area contributed by atoms with E-state index >= 15 is 0 Å². The lowest BCUT2D eigenvalue weighted by molar-refractivity contribution is -0.118. The van der Waals surface area contributed by atoms with E-state index in [0.717, 1.165) is 49.6 Å². The van der Waals surface area contributed by atoms with Gasteiger partial charge in [-0.1, -0.05) is 30.3 Å². The van der Waals surface area contributed by atoms with Gasteiger partial charge in [0.15, 0.2) is 0 Å². The van der Waals surface area contributed by atoms with Gasteiger partial charge >= 0.3 is 5.97 Å². The molecule has 0 radical (unpaired) electrons. The molecule has 0 saturated carbocycles. The molecule has 1 fully saturated rings. The molecule has 0 aliphatic carbocycles. The normalized spacial score (nSPS) is 14.2. The maximum absolute atomic E-state index is 13.1. The predicted molar refractivity (Wildman–Crippen MR) is 152 cm³/mol. The number of carbonyl (C=O) groups excluding carboxylic acids is 1. The molecule has 1 saturated heterocycles. The summed E-state index contributed by atoms with van der Waals surface area (Å²) in [4.78, 5) is 36.3. The number of aromatic amines is 1. The molecule has 0 spiro atoms. The molecule has 1 amide bonds. The van der Waals surface area contributed by atoms with Crippen molar-refractivity contribution in [3.8, 4) is 11.5 Å². The quantitative estimate of drug-likeness (QED) is 0.246. The first-order valence-electron chi connectivity index (χ1n) is 13.4. The smallest absolute Gasteiger partial charge is 0.335 e. The van der Waals surface area contributed by atoms with Crippen molar-refractivity contribution in [1.82, 2.24) is 19.8 Å². The van der Waals surface area contributed by atoms with Gasteiger partial charge in [0.05, 0.1) is 18.7 Å². The van der Waals surface area contributed by atoms with E-state index in [2.05, 4.69) is 25.1 Å². The minimum Gasteiger partial charge on any atom is -0.478 e. The summed E-state index contributed by atoms with van der Waals surface area (Å²) in [5, 5.41) is 12.1. The number of nitrogens with zero attached hydrogens (tertiary/aromatic N) is 3. The number of anilines is 1. The number of piperidine rings is 1. The zero-order valence-electron chi connectivity index (χ0n) is 22.2. The summed E-state index contributed by atoms with van der Waals surface area (Å²) in [6.07, 6.45) is 5.37. The molecule has 9 nitrogen and oxygen atoms in total. The van der Waals surface area contributed by atoms with Crippen LogP contribution in [0.2, 0.25) is 0 Å². The lowest BCUT2D eigenvalue weighted by Gasteiger charge is -2.38. The number of carboxylic acid groups (broad SMARTS) is 1. The summed E-state index contributed by atoms with van der Waals surface area (Å²) in [5.74, 6) is 1.30.